The molecule has 2 N–H and O–H groups in total. The van der Waals surface area contributed by atoms with Gasteiger partial charge in [-0.15, -0.1) is 0 Å². The third-order valence-electron chi connectivity index (χ3n) is 4.94. The molecular weight excluding hydrogens is 411 g/mol. The standard InChI is InChI=1S/C22H24F3N3O3/c1-3-4-6-15(11-29)27-22(30)20-13(2)26-21-19(7-5-8-28(20)21)31-12-16-17(24)9-14(23)10-18(16)25/h5,7-10,15,29H,3-4,6,11-12H2,1-2H3,(H,27,30)/t15-/m1/s1. The zero-order chi connectivity index (χ0) is 22.5. The molecule has 0 spiro atoms. The number of aryl methyl sites for hydroxylation is 1. The van der Waals surface area contributed by atoms with Crippen LogP contribution in [0.3, 0.4) is 0 Å². The summed E-state index contributed by atoms with van der Waals surface area (Å²) in [6.45, 7) is 3.03. The third kappa shape index (κ3) is 4.99. The van der Waals surface area contributed by atoms with Crippen LogP contribution in [-0.2, 0) is 6.61 Å². The quantitative estimate of drug-likeness (QED) is 0.534. The molecule has 0 saturated carbocycles. The van der Waals surface area contributed by atoms with Crippen molar-refractivity contribution < 1.29 is 27.8 Å². The average molecular weight is 435 g/mol. The molecule has 1 atom stereocenters. The molecule has 0 saturated heterocycles. The Labute approximate surface area is 177 Å². The van der Waals surface area contributed by atoms with Crippen LogP contribution in [0.1, 0.15) is 47.9 Å². The van der Waals surface area contributed by atoms with Crippen molar-refractivity contribution in [2.45, 2.75) is 45.8 Å². The highest BCUT2D eigenvalue weighted by Gasteiger charge is 2.21. The van der Waals surface area contributed by atoms with E-state index in [0.29, 0.717) is 29.9 Å². The minimum Gasteiger partial charge on any atom is -0.485 e. The normalized spacial score (nSPS) is 12.2. The van der Waals surface area contributed by atoms with Gasteiger partial charge < -0.3 is 15.2 Å². The van der Waals surface area contributed by atoms with E-state index in [1.807, 2.05) is 6.92 Å². The van der Waals surface area contributed by atoms with Crippen molar-refractivity contribution in [1.82, 2.24) is 14.7 Å². The van der Waals surface area contributed by atoms with E-state index < -0.39 is 35.5 Å². The first-order chi connectivity index (χ1) is 14.8. The second kappa shape index (κ2) is 9.82. The van der Waals surface area contributed by atoms with E-state index in [2.05, 4.69) is 10.3 Å². The molecule has 0 fully saturated rings. The third-order valence-corrected chi connectivity index (χ3v) is 4.94. The molecule has 166 valence electrons. The number of rotatable bonds is 9. The number of carbonyl (C=O) groups excluding carboxylic acids is 1. The maximum atomic E-state index is 13.9. The van der Waals surface area contributed by atoms with Crippen molar-refractivity contribution >= 4 is 11.6 Å². The van der Waals surface area contributed by atoms with Crippen molar-refractivity contribution in [1.29, 1.82) is 0 Å². The van der Waals surface area contributed by atoms with E-state index in [-0.39, 0.29) is 24.1 Å². The number of halogens is 3. The smallest absolute Gasteiger partial charge is 0.270 e. The molecule has 0 radical (unpaired) electrons. The van der Waals surface area contributed by atoms with Gasteiger partial charge in [0.25, 0.3) is 5.91 Å². The molecule has 0 aliphatic carbocycles. The van der Waals surface area contributed by atoms with Gasteiger partial charge in [0.15, 0.2) is 11.4 Å². The molecule has 0 aliphatic heterocycles. The van der Waals surface area contributed by atoms with Crippen molar-refractivity contribution in [2.24, 2.45) is 0 Å². The predicted molar refractivity (Wildman–Crippen MR) is 108 cm³/mol. The number of amides is 1. The summed E-state index contributed by atoms with van der Waals surface area (Å²) in [5.41, 5.74) is 0.586. The Morgan fingerprint density at radius 3 is 2.65 bits per heavy atom. The van der Waals surface area contributed by atoms with Gasteiger partial charge in [-0.05, 0) is 25.5 Å². The number of hydrogen-bond acceptors (Lipinski definition) is 4. The Hall–Kier alpha value is -3.07. The summed E-state index contributed by atoms with van der Waals surface area (Å²) in [7, 11) is 0. The van der Waals surface area contributed by atoms with Gasteiger partial charge in [-0.3, -0.25) is 9.20 Å². The summed E-state index contributed by atoms with van der Waals surface area (Å²) < 4.78 is 48.0. The highest BCUT2D eigenvalue weighted by molar-refractivity contribution is 5.95. The van der Waals surface area contributed by atoms with Gasteiger partial charge in [-0.1, -0.05) is 19.8 Å². The van der Waals surface area contributed by atoms with Crippen molar-refractivity contribution in [2.75, 3.05) is 6.61 Å². The van der Waals surface area contributed by atoms with E-state index >= 15 is 0 Å². The zero-order valence-corrected chi connectivity index (χ0v) is 17.3. The number of benzene rings is 1. The number of aliphatic hydroxyl groups excluding tert-OH is 1. The number of nitrogens with zero attached hydrogens (tertiary/aromatic N) is 2. The van der Waals surface area contributed by atoms with Crippen LogP contribution in [0.2, 0.25) is 0 Å². The fourth-order valence-corrected chi connectivity index (χ4v) is 3.32. The highest BCUT2D eigenvalue weighted by Crippen LogP contribution is 2.24. The monoisotopic (exact) mass is 435 g/mol. The number of hydrogen-bond donors (Lipinski definition) is 2. The van der Waals surface area contributed by atoms with E-state index in [0.717, 1.165) is 12.8 Å². The minimum absolute atomic E-state index is 0.176. The fraction of sp³-hybridized carbons (Fsp3) is 0.364. The lowest BCUT2D eigenvalue weighted by atomic mass is 10.1. The van der Waals surface area contributed by atoms with E-state index in [1.165, 1.54) is 4.40 Å². The fourth-order valence-electron chi connectivity index (χ4n) is 3.32. The van der Waals surface area contributed by atoms with Gasteiger partial charge in [-0.2, -0.15) is 0 Å². The van der Waals surface area contributed by atoms with Gasteiger partial charge in [0, 0.05) is 18.3 Å². The molecule has 0 unspecified atom stereocenters. The lowest BCUT2D eigenvalue weighted by Gasteiger charge is -2.16. The predicted octanol–water partition coefficient (Wildman–Crippen LogP) is 3.92. The van der Waals surface area contributed by atoms with Crippen LogP contribution in [0.25, 0.3) is 5.65 Å². The number of aliphatic hydroxyl groups is 1. The summed E-state index contributed by atoms with van der Waals surface area (Å²) in [5.74, 6) is -3.30. The van der Waals surface area contributed by atoms with Crippen molar-refractivity contribution in [3.05, 3.63) is 64.9 Å². The van der Waals surface area contributed by atoms with E-state index in [1.54, 1.807) is 25.3 Å². The van der Waals surface area contributed by atoms with Crippen LogP contribution < -0.4 is 10.1 Å². The van der Waals surface area contributed by atoms with Crippen LogP contribution in [0.4, 0.5) is 13.2 Å². The molecule has 3 aromatic rings. The average Bonchev–Trinajstić information content (AvgIpc) is 3.06. The van der Waals surface area contributed by atoms with Crippen LogP contribution in [0.15, 0.2) is 30.5 Å². The summed E-state index contributed by atoms with van der Waals surface area (Å²) in [6, 6.07) is 3.96. The first-order valence-corrected chi connectivity index (χ1v) is 10.0. The van der Waals surface area contributed by atoms with Crippen LogP contribution >= 0.6 is 0 Å². The van der Waals surface area contributed by atoms with Gasteiger partial charge in [0.05, 0.1) is 23.9 Å². The number of imidazole rings is 1. The first kappa shape index (κ1) is 22.6. The summed E-state index contributed by atoms with van der Waals surface area (Å²) >= 11 is 0. The Bertz CT molecular complexity index is 1060. The Morgan fingerprint density at radius 2 is 2.00 bits per heavy atom. The number of aromatic nitrogens is 2. The second-order valence-corrected chi connectivity index (χ2v) is 7.24. The van der Waals surface area contributed by atoms with Gasteiger partial charge in [-0.25, -0.2) is 18.2 Å². The molecule has 2 aromatic heterocycles. The van der Waals surface area contributed by atoms with Gasteiger partial charge in [0.1, 0.15) is 29.8 Å². The van der Waals surface area contributed by atoms with Crippen LogP contribution in [0.5, 0.6) is 5.75 Å². The number of carbonyl (C=O) groups is 1. The number of fused-ring (bicyclic) bond motifs is 1. The Morgan fingerprint density at radius 1 is 1.29 bits per heavy atom. The number of unbranched alkanes of at least 4 members (excludes halogenated alkanes) is 1. The van der Waals surface area contributed by atoms with Gasteiger partial charge in [0.2, 0.25) is 0 Å². The van der Waals surface area contributed by atoms with E-state index in [4.69, 9.17) is 4.74 Å². The molecule has 0 aliphatic rings. The number of pyridine rings is 1. The van der Waals surface area contributed by atoms with Crippen molar-refractivity contribution in [3.63, 3.8) is 0 Å². The Kier molecular flexibility index (Phi) is 7.17. The first-order valence-electron chi connectivity index (χ1n) is 10.0. The molecule has 1 amide bonds. The maximum absolute atomic E-state index is 13.9. The molecule has 6 nitrogen and oxygen atoms in total. The zero-order valence-electron chi connectivity index (χ0n) is 17.3. The molecule has 3 rings (SSSR count). The summed E-state index contributed by atoms with van der Waals surface area (Å²) in [4.78, 5) is 17.2. The van der Waals surface area contributed by atoms with Crippen LogP contribution in [0, 0.1) is 24.4 Å². The number of nitrogens with one attached hydrogen (secondary N) is 1. The largest absolute Gasteiger partial charge is 0.485 e. The molecule has 9 heteroatoms. The van der Waals surface area contributed by atoms with E-state index in [9.17, 15) is 23.1 Å². The molecule has 0 bridgehead atoms. The topological polar surface area (TPSA) is 75.9 Å². The molecule has 1 aromatic carbocycles. The molecule has 31 heavy (non-hydrogen) atoms. The lowest BCUT2D eigenvalue weighted by Crippen LogP contribution is -2.38. The maximum Gasteiger partial charge on any atom is 0.270 e. The minimum atomic E-state index is -1.05. The van der Waals surface area contributed by atoms with Gasteiger partial charge >= 0.3 is 0 Å². The van der Waals surface area contributed by atoms with Crippen LogP contribution in [-0.4, -0.2) is 33.0 Å². The molecule has 2 heterocycles. The second-order valence-electron chi connectivity index (χ2n) is 7.24. The highest BCUT2D eigenvalue weighted by atomic mass is 19.1. The SMILES string of the molecule is CCCC[C@H](CO)NC(=O)c1c(C)nc2c(OCc3c(F)cc(F)cc3F)cccn12. The summed E-state index contributed by atoms with van der Waals surface area (Å²) in [5, 5.41) is 12.3. The lowest BCUT2D eigenvalue weighted by molar-refractivity contribution is 0.0905. The Balaban J connectivity index is 1.86. The number of ether oxygens (including phenoxy) is 1. The van der Waals surface area contributed by atoms with Crippen molar-refractivity contribution in [3.8, 4) is 5.75 Å². The summed E-state index contributed by atoms with van der Waals surface area (Å²) in [6.07, 6.45) is 4.08. The molecular formula is C22H24F3N3O3.